The van der Waals surface area contributed by atoms with Crippen molar-refractivity contribution in [2.75, 3.05) is 13.2 Å². The molecule has 0 spiro atoms. The zero-order valence-electron chi connectivity index (χ0n) is 38.5. The van der Waals surface area contributed by atoms with Crippen molar-refractivity contribution in [2.24, 2.45) is 0 Å². The van der Waals surface area contributed by atoms with E-state index in [4.69, 9.17) is 14.2 Å². The van der Waals surface area contributed by atoms with E-state index in [-0.39, 0.29) is 31.1 Å². The van der Waals surface area contributed by atoms with E-state index in [1.54, 1.807) is 0 Å². The van der Waals surface area contributed by atoms with Crippen molar-refractivity contribution in [3.8, 4) is 0 Å². The zero-order chi connectivity index (χ0) is 43.0. The molecule has 0 heterocycles. The Morgan fingerprint density at radius 1 is 0.356 bits per heavy atom. The minimum Gasteiger partial charge on any atom is -0.462 e. The quantitative estimate of drug-likeness (QED) is 0.0264. The molecule has 0 fully saturated rings. The fourth-order valence-electron chi connectivity index (χ4n) is 6.48. The van der Waals surface area contributed by atoms with Crippen molar-refractivity contribution in [1.82, 2.24) is 0 Å². The van der Waals surface area contributed by atoms with E-state index in [9.17, 15) is 14.4 Å². The predicted octanol–water partition coefficient (Wildman–Crippen LogP) is 15.9. The van der Waals surface area contributed by atoms with Gasteiger partial charge in [-0.05, 0) is 109 Å². The van der Waals surface area contributed by atoms with E-state index in [1.165, 1.54) is 70.6 Å². The fourth-order valence-corrected chi connectivity index (χ4v) is 6.48. The summed E-state index contributed by atoms with van der Waals surface area (Å²) in [6, 6.07) is 0. The van der Waals surface area contributed by atoms with Gasteiger partial charge in [-0.2, -0.15) is 0 Å². The fraction of sp³-hybridized carbons (Fsp3) is 0.717. The van der Waals surface area contributed by atoms with E-state index >= 15 is 0 Å². The maximum Gasteiger partial charge on any atom is 0.306 e. The molecule has 1 unspecified atom stereocenters. The molecule has 59 heavy (non-hydrogen) atoms. The number of carbonyl (C=O) groups is 3. The van der Waals surface area contributed by atoms with Gasteiger partial charge in [0.2, 0.25) is 0 Å². The molecule has 0 amide bonds. The molecule has 338 valence electrons. The summed E-state index contributed by atoms with van der Waals surface area (Å²) in [6.07, 6.45) is 58.8. The number of allylic oxidation sites excluding steroid dienone is 12. The third-order valence-corrected chi connectivity index (χ3v) is 10.2. The second-order valence-electron chi connectivity index (χ2n) is 16.0. The van der Waals surface area contributed by atoms with Crippen LogP contribution < -0.4 is 0 Å². The van der Waals surface area contributed by atoms with Crippen molar-refractivity contribution in [1.29, 1.82) is 0 Å². The summed E-state index contributed by atoms with van der Waals surface area (Å²) >= 11 is 0. The van der Waals surface area contributed by atoms with Gasteiger partial charge in [-0.15, -0.1) is 0 Å². The molecule has 0 aliphatic heterocycles. The second kappa shape index (κ2) is 47.5. The number of unbranched alkanes of at least 4 members (excludes halogenated alkanes) is 20. The van der Waals surface area contributed by atoms with Gasteiger partial charge >= 0.3 is 17.9 Å². The zero-order valence-corrected chi connectivity index (χ0v) is 38.5. The molecule has 6 nitrogen and oxygen atoms in total. The van der Waals surface area contributed by atoms with E-state index in [2.05, 4.69) is 93.7 Å². The van der Waals surface area contributed by atoms with Gasteiger partial charge in [0.25, 0.3) is 0 Å². The summed E-state index contributed by atoms with van der Waals surface area (Å²) in [7, 11) is 0. The molecule has 0 aliphatic carbocycles. The SMILES string of the molecule is CC/C=C\C/C=C\C/C=C\C/C=C\CCCCCCC(=O)OCC(COC(=O)CCCCCCC/C=C\CCCCC)OC(=O)CCCCCCC/C=C\CCCCC. The monoisotopic (exact) mass is 823 g/mol. The van der Waals surface area contributed by atoms with Gasteiger partial charge in [-0.1, -0.05) is 171 Å². The van der Waals surface area contributed by atoms with E-state index in [1.807, 2.05) is 0 Å². The van der Waals surface area contributed by atoms with Crippen molar-refractivity contribution < 1.29 is 28.6 Å². The maximum atomic E-state index is 12.7. The summed E-state index contributed by atoms with van der Waals surface area (Å²) in [6.45, 7) is 6.43. The summed E-state index contributed by atoms with van der Waals surface area (Å²) in [4.78, 5) is 37.8. The first-order valence-corrected chi connectivity index (χ1v) is 24.4. The number of esters is 3. The first kappa shape index (κ1) is 55.9. The van der Waals surface area contributed by atoms with Crippen LogP contribution in [0.3, 0.4) is 0 Å². The number of hydrogen-bond acceptors (Lipinski definition) is 6. The largest absolute Gasteiger partial charge is 0.462 e. The van der Waals surface area contributed by atoms with Crippen LogP contribution in [-0.2, 0) is 28.6 Å². The minimum atomic E-state index is -0.791. The molecule has 0 radical (unpaired) electrons. The highest BCUT2D eigenvalue weighted by atomic mass is 16.6. The van der Waals surface area contributed by atoms with E-state index < -0.39 is 6.10 Å². The van der Waals surface area contributed by atoms with Crippen molar-refractivity contribution in [3.63, 3.8) is 0 Å². The molecule has 0 aromatic carbocycles. The van der Waals surface area contributed by atoms with Crippen LogP contribution in [0.25, 0.3) is 0 Å². The molecule has 0 saturated heterocycles. The molecule has 0 bridgehead atoms. The molecule has 6 heteroatoms. The molecule has 1 atom stereocenters. The maximum absolute atomic E-state index is 12.7. The Balaban J connectivity index is 4.43. The number of hydrogen-bond donors (Lipinski definition) is 0. The van der Waals surface area contributed by atoms with Crippen LogP contribution >= 0.6 is 0 Å². The lowest BCUT2D eigenvalue weighted by Crippen LogP contribution is -2.30. The first-order chi connectivity index (χ1) is 29.0. The van der Waals surface area contributed by atoms with Crippen LogP contribution in [0.2, 0.25) is 0 Å². The van der Waals surface area contributed by atoms with Crippen molar-refractivity contribution in [3.05, 3.63) is 72.9 Å². The first-order valence-electron chi connectivity index (χ1n) is 24.4. The smallest absolute Gasteiger partial charge is 0.306 e. The Bertz CT molecular complexity index is 1130. The van der Waals surface area contributed by atoms with Gasteiger partial charge in [-0.25, -0.2) is 0 Å². The summed E-state index contributed by atoms with van der Waals surface area (Å²) < 4.78 is 16.7. The molecular weight excluding hydrogens is 733 g/mol. The minimum absolute atomic E-state index is 0.0916. The Morgan fingerprint density at radius 3 is 1.05 bits per heavy atom. The number of carbonyl (C=O) groups excluding carboxylic acids is 3. The van der Waals surface area contributed by atoms with Crippen LogP contribution in [0.1, 0.15) is 226 Å². The van der Waals surface area contributed by atoms with Crippen LogP contribution in [0.5, 0.6) is 0 Å². The Morgan fingerprint density at radius 2 is 0.661 bits per heavy atom. The van der Waals surface area contributed by atoms with Gasteiger partial charge < -0.3 is 14.2 Å². The molecule has 0 aromatic heterocycles. The highest BCUT2D eigenvalue weighted by Crippen LogP contribution is 2.13. The Labute approximate surface area is 363 Å². The lowest BCUT2D eigenvalue weighted by Gasteiger charge is -2.18. The van der Waals surface area contributed by atoms with Crippen LogP contribution in [0.15, 0.2) is 72.9 Å². The molecule has 0 aliphatic rings. The Kier molecular flexibility index (Phi) is 45.0. The van der Waals surface area contributed by atoms with Crippen LogP contribution in [0.4, 0.5) is 0 Å². The van der Waals surface area contributed by atoms with Crippen molar-refractivity contribution >= 4 is 17.9 Å². The van der Waals surface area contributed by atoms with Gasteiger partial charge in [0.15, 0.2) is 6.10 Å². The highest BCUT2D eigenvalue weighted by molar-refractivity contribution is 5.71. The van der Waals surface area contributed by atoms with E-state index in [0.717, 1.165) is 116 Å². The highest BCUT2D eigenvalue weighted by Gasteiger charge is 2.19. The van der Waals surface area contributed by atoms with Gasteiger partial charge in [0.1, 0.15) is 13.2 Å². The molecule has 0 aromatic rings. The summed E-state index contributed by atoms with van der Waals surface area (Å²) in [5.41, 5.74) is 0. The normalized spacial score (nSPS) is 12.7. The standard InChI is InChI=1S/C53H90O6/c1-4-7-10-13-16-19-22-25-26-27-28-29-32-34-37-40-43-46-52(55)58-49-50(59-53(56)47-44-41-38-35-31-24-21-18-15-12-9-6-3)48-57-51(54)45-42-39-36-33-30-23-20-17-14-11-8-5-2/h7,10,16-21,25-26,28-29,50H,4-6,8-9,11-15,22-24,27,30-49H2,1-3H3/b10-7-,19-16-,20-17-,21-18-,26-25-,29-28-. The third kappa shape index (κ3) is 45.8. The summed E-state index contributed by atoms with van der Waals surface area (Å²) in [5.74, 6) is -0.936. The summed E-state index contributed by atoms with van der Waals surface area (Å²) in [5, 5.41) is 0. The van der Waals surface area contributed by atoms with Crippen LogP contribution in [-0.4, -0.2) is 37.2 Å². The molecule has 0 N–H and O–H groups in total. The molecule has 0 saturated carbocycles. The van der Waals surface area contributed by atoms with Gasteiger partial charge in [0, 0.05) is 19.3 Å². The van der Waals surface area contributed by atoms with Gasteiger partial charge in [0.05, 0.1) is 0 Å². The third-order valence-electron chi connectivity index (χ3n) is 10.2. The average molecular weight is 823 g/mol. The van der Waals surface area contributed by atoms with Crippen molar-refractivity contribution in [2.45, 2.75) is 232 Å². The topological polar surface area (TPSA) is 78.9 Å². The average Bonchev–Trinajstić information content (AvgIpc) is 3.23. The van der Waals surface area contributed by atoms with Crippen LogP contribution in [0, 0.1) is 0 Å². The predicted molar refractivity (Wildman–Crippen MR) is 251 cm³/mol. The van der Waals surface area contributed by atoms with E-state index in [0.29, 0.717) is 19.3 Å². The number of ether oxygens (including phenoxy) is 3. The van der Waals surface area contributed by atoms with Gasteiger partial charge in [-0.3, -0.25) is 14.4 Å². The lowest BCUT2D eigenvalue weighted by atomic mass is 10.1. The molecular formula is C53H90O6. The number of rotatable bonds is 43. The lowest BCUT2D eigenvalue weighted by molar-refractivity contribution is -0.167. The second-order valence-corrected chi connectivity index (χ2v) is 16.0. The molecule has 0 rings (SSSR count). The Hall–Kier alpha value is -3.15.